The molecule has 0 bridgehead atoms. The monoisotopic (exact) mass is 210 g/mol. The van der Waals surface area contributed by atoms with E-state index in [-0.39, 0.29) is 5.76 Å². The molecule has 1 N–H and O–H groups in total. The van der Waals surface area contributed by atoms with Crippen LogP contribution < -0.4 is 0 Å². The zero-order valence-electron chi connectivity index (χ0n) is 8.59. The molecule has 3 heteroatoms. The summed E-state index contributed by atoms with van der Waals surface area (Å²) < 4.78 is 25.5. The summed E-state index contributed by atoms with van der Waals surface area (Å²) in [5, 5.41) is 8.93. The van der Waals surface area contributed by atoms with E-state index in [4.69, 9.17) is 5.11 Å². The van der Waals surface area contributed by atoms with Gasteiger partial charge in [-0.05, 0) is 43.2 Å². The fraction of sp³-hybridized carbons (Fsp3) is 0.167. The van der Waals surface area contributed by atoms with Crippen molar-refractivity contribution in [3.8, 4) is 0 Å². The van der Waals surface area contributed by atoms with Crippen LogP contribution in [-0.4, -0.2) is 5.11 Å². The molecule has 0 saturated heterocycles. The van der Waals surface area contributed by atoms with Crippen molar-refractivity contribution in [2.75, 3.05) is 0 Å². The molecule has 0 spiro atoms. The minimum absolute atomic E-state index is 0.164. The summed E-state index contributed by atoms with van der Waals surface area (Å²) in [6.45, 7) is 3.29. The summed E-state index contributed by atoms with van der Waals surface area (Å²) in [6, 6.07) is 3.70. The third-order valence-electron chi connectivity index (χ3n) is 1.95. The summed E-state index contributed by atoms with van der Waals surface area (Å²) in [7, 11) is 0. The third kappa shape index (κ3) is 3.20. The first-order valence-corrected chi connectivity index (χ1v) is 4.50. The van der Waals surface area contributed by atoms with Crippen molar-refractivity contribution >= 4 is 5.57 Å². The number of hydrogen-bond acceptors (Lipinski definition) is 1. The maximum Gasteiger partial charge on any atom is 0.159 e. The van der Waals surface area contributed by atoms with Crippen LogP contribution >= 0.6 is 0 Å². The van der Waals surface area contributed by atoms with Gasteiger partial charge in [-0.1, -0.05) is 12.1 Å². The lowest BCUT2D eigenvalue weighted by atomic mass is 10.1. The van der Waals surface area contributed by atoms with E-state index in [9.17, 15) is 8.78 Å². The van der Waals surface area contributed by atoms with Crippen LogP contribution in [0.2, 0.25) is 0 Å². The van der Waals surface area contributed by atoms with Crippen LogP contribution in [0, 0.1) is 11.6 Å². The SMILES string of the molecule is C/C(O)=C/C=C(\C)c1ccc(F)c(F)c1. The fourth-order valence-electron chi connectivity index (χ4n) is 1.08. The first kappa shape index (κ1) is 11.4. The lowest BCUT2D eigenvalue weighted by molar-refractivity contribution is 0.414. The Balaban J connectivity index is 3.02. The topological polar surface area (TPSA) is 20.2 Å². The molecule has 0 heterocycles. The molecule has 0 atom stereocenters. The first-order chi connectivity index (χ1) is 7.00. The Bertz CT molecular complexity index is 416. The Kier molecular flexibility index (Phi) is 3.61. The van der Waals surface area contributed by atoms with E-state index >= 15 is 0 Å². The van der Waals surface area contributed by atoms with Crippen LogP contribution in [0.4, 0.5) is 8.78 Å². The van der Waals surface area contributed by atoms with Gasteiger partial charge in [-0.15, -0.1) is 0 Å². The molecule has 0 unspecified atom stereocenters. The van der Waals surface area contributed by atoms with E-state index in [1.54, 1.807) is 13.0 Å². The van der Waals surface area contributed by atoms with E-state index in [2.05, 4.69) is 0 Å². The first-order valence-electron chi connectivity index (χ1n) is 4.50. The molecule has 80 valence electrons. The van der Waals surface area contributed by atoms with Crippen LogP contribution in [-0.2, 0) is 0 Å². The van der Waals surface area contributed by atoms with E-state index < -0.39 is 11.6 Å². The Morgan fingerprint density at radius 3 is 2.33 bits per heavy atom. The molecule has 1 nitrogen and oxygen atoms in total. The van der Waals surface area contributed by atoms with Gasteiger partial charge in [0.25, 0.3) is 0 Å². The molecule has 1 rings (SSSR count). The number of benzene rings is 1. The summed E-state index contributed by atoms with van der Waals surface area (Å²) in [4.78, 5) is 0. The average Bonchev–Trinajstić information content (AvgIpc) is 2.18. The van der Waals surface area contributed by atoms with Crippen molar-refractivity contribution < 1.29 is 13.9 Å². The van der Waals surface area contributed by atoms with Crippen molar-refractivity contribution in [2.45, 2.75) is 13.8 Å². The van der Waals surface area contributed by atoms with Gasteiger partial charge in [0.1, 0.15) is 0 Å². The van der Waals surface area contributed by atoms with Crippen LogP contribution in [0.3, 0.4) is 0 Å². The lowest BCUT2D eigenvalue weighted by Crippen LogP contribution is -1.86. The highest BCUT2D eigenvalue weighted by Crippen LogP contribution is 2.17. The van der Waals surface area contributed by atoms with Gasteiger partial charge in [0.05, 0.1) is 5.76 Å². The van der Waals surface area contributed by atoms with Crippen LogP contribution in [0.15, 0.2) is 36.1 Å². The highest BCUT2D eigenvalue weighted by atomic mass is 19.2. The fourth-order valence-corrected chi connectivity index (χ4v) is 1.08. The Labute approximate surface area is 87.4 Å². The molecule has 0 amide bonds. The number of aliphatic hydroxyl groups is 1. The van der Waals surface area contributed by atoms with Crippen molar-refractivity contribution in [2.24, 2.45) is 0 Å². The molecule has 0 radical (unpaired) electrons. The smallest absolute Gasteiger partial charge is 0.159 e. The zero-order chi connectivity index (χ0) is 11.4. The lowest BCUT2D eigenvalue weighted by Gasteiger charge is -2.01. The summed E-state index contributed by atoms with van der Waals surface area (Å²) >= 11 is 0. The summed E-state index contributed by atoms with van der Waals surface area (Å²) in [6.07, 6.45) is 3.14. The molecule has 1 aromatic rings. The Morgan fingerprint density at radius 2 is 1.80 bits per heavy atom. The highest BCUT2D eigenvalue weighted by Gasteiger charge is 2.02. The molecular weight excluding hydrogens is 198 g/mol. The molecular formula is C12H12F2O. The molecule has 0 fully saturated rings. The van der Waals surface area contributed by atoms with E-state index in [0.717, 1.165) is 17.7 Å². The van der Waals surface area contributed by atoms with Crippen LogP contribution in [0.5, 0.6) is 0 Å². The number of hydrogen-bond donors (Lipinski definition) is 1. The average molecular weight is 210 g/mol. The maximum absolute atomic E-state index is 12.9. The van der Waals surface area contributed by atoms with E-state index in [0.29, 0.717) is 5.56 Å². The predicted octanol–water partition coefficient (Wildman–Crippen LogP) is 3.83. The van der Waals surface area contributed by atoms with E-state index in [1.165, 1.54) is 19.1 Å². The largest absolute Gasteiger partial charge is 0.513 e. The van der Waals surface area contributed by atoms with E-state index in [1.807, 2.05) is 0 Å². The molecule has 15 heavy (non-hydrogen) atoms. The molecule has 0 saturated carbocycles. The van der Waals surface area contributed by atoms with Gasteiger partial charge in [0, 0.05) is 0 Å². The van der Waals surface area contributed by atoms with Crippen molar-refractivity contribution in [3.63, 3.8) is 0 Å². The molecule has 0 aliphatic carbocycles. The van der Waals surface area contributed by atoms with Gasteiger partial charge in [-0.3, -0.25) is 0 Å². The number of halogens is 2. The van der Waals surface area contributed by atoms with Crippen LogP contribution in [0.1, 0.15) is 19.4 Å². The number of rotatable bonds is 2. The maximum atomic E-state index is 12.9. The second-order valence-electron chi connectivity index (χ2n) is 3.29. The number of aliphatic hydroxyl groups excluding tert-OH is 1. The van der Waals surface area contributed by atoms with Gasteiger partial charge in [0.2, 0.25) is 0 Å². The normalized spacial score (nSPS) is 13.1. The summed E-state index contributed by atoms with van der Waals surface area (Å²) in [5.74, 6) is -1.57. The van der Waals surface area contributed by atoms with Crippen molar-refractivity contribution in [1.29, 1.82) is 0 Å². The minimum atomic E-state index is -0.870. The second-order valence-corrected chi connectivity index (χ2v) is 3.29. The quantitative estimate of drug-likeness (QED) is 0.581. The Hall–Kier alpha value is -1.64. The van der Waals surface area contributed by atoms with Crippen molar-refractivity contribution in [3.05, 3.63) is 53.3 Å². The van der Waals surface area contributed by atoms with Crippen molar-refractivity contribution in [1.82, 2.24) is 0 Å². The van der Waals surface area contributed by atoms with Gasteiger partial charge in [-0.25, -0.2) is 8.78 Å². The van der Waals surface area contributed by atoms with Gasteiger partial charge in [-0.2, -0.15) is 0 Å². The molecule has 0 aliphatic heterocycles. The molecule has 0 aromatic heterocycles. The summed E-state index contributed by atoms with van der Waals surface area (Å²) in [5.41, 5.74) is 1.34. The standard InChI is InChI=1S/C12H12F2O/c1-8(3-4-9(2)15)10-5-6-11(13)12(14)7-10/h3-7,15H,1-2H3/b8-3+,9-4-. The van der Waals surface area contributed by atoms with Gasteiger partial charge >= 0.3 is 0 Å². The van der Waals surface area contributed by atoms with Gasteiger partial charge < -0.3 is 5.11 Å². The molecule has 1 aromatic carbocycles. The predicted molar refractivity (Wildman–Crippen MR) is 56.4 cm³/mol. The highest BCUT2D eigenvalue weighted by molar-refractivity contribution is 5.65. The second kappa shape index (κ2) is 4.73. The number of allylic oxidation sites excluding steroid dienone is 4. The Morgan fingerprint density at radius 1 is 1.13 bits per heavy atom. The molecule has 0 aliphatic rings. The van der Waals surface area contributed by atoms with Crippen LogP contribution in [0.25, 0.3) is 5.57 Å². The minimum Gasteiger partial charge on any atom is -0.513 e. The van der Waals surface area contributed by atoms with Gasteiger partial charge in [0.15, 0.2) is 11.6 Å². The third-order valence-corrected chi connectivity index (χ3v) is 1.95. The zero-order valence-corrected chi connectivity index (χ0v) is 8.59.